The fraction of sp³-hybridized carbons (Fsp3) is 0.167. The summed E-state index contributed by atoms with van der Waals surface area (Å²) >= 11 is 5.30. The normalized spacial score (nSPS) is 15.0. The summed E-state index contributed by atoms with van der Waals surface area (Å²) in [5.41, 5.74) is 1.59. The fourth-order valence-electron chi connectivity index (χ4n) is 3.73. The highest BCUT2D eigenvalue weighted by Crippen LogP contribution is 2.34. The second-order valence-corrected chi connectivity index (χ2v) is 7.69. The summed E-state index contributed by atoms with van der Waals surface area (Å²) < 4.78 is 17.1. The number of rotatable bonds is 6. The van der Waals surface area contributed by atoms with Crippen LogP contribution in [-0.4, -0.2) is 48.8 Å². The van der Waals surface area contributed by atoms with Gasteiger partial charge in [0, 0.05) is 28.7 Å². The van der Waals surface area contributed by atoms with Crippen molar-refractivity contribution in [2.75, 3.05) is 26.2 Å². The number of benzene rings is 2. The molecule has 174 valence electrons. The van der Waals surface area contributed by atoms with Crippen molar-refractivity contribution in [1.29, 1.82) is 0 Å². The number of amides is 2. The summed E-state index contributed by atoms with van der Waals surface area (Å²) in [6, 6.07) is 12.3. The molecule has 1 aliphatic heterocycles. The lowest BCUT2D eigenvalue weighted by atomic mass is 10.1. The van der Waals surface area contributed by atoms with Crippen LogP contribution in [0.4, 0.5) is 5.69 Å². The maximum Gasteiger partial charge on any atom is 0.325 e. The molecule has 3 aromatic rings. The molecule has 34 heavy (non-hydrogen) atoms. The number of ether oxygens (including phenoxy) is 3. The Morgan fingerprint density at radius 1 is 1.09 bits per heavy atom. The number of anilines is 1. The van der Waals surface area contributed by atoms with Gasteiger partial charge in [-0.25, -0.2) is 4.90 Å². The van der Waals surface area contributed by atoms with E-state index >= 15 is 0 Å². The third-order valence-electron chi connectivity index (χ3n) is 5.38. The van der Waals surface area contributed by atoms with Crippen molar-refractivity contribution in [2.45, 2.75) is 6.54 Å². The molecule has 0 bridgehead atoms. The number of hydrogen-bond donors (Lipinski definition) is 1. The van der Waals surface area contributed by atoms with Gasteiger partial charge in [0.2, 0.25) is 0 Å². The average molecular weight is 480 g/mol. The monoisotopic (exact) mass is 479 g/mol. The molecular formula is C24H21N3O6S. The number of nitrogens with one attached hydrogen (secondary N) is 1. The van der Waals surface area contributed by atoms with E-state index in [1.165, 1.54) is 32.3 Å². The maximum absolute atomic E-state index is 13.5. The molecule has 1 saturated heterocycles. The smallest absolute Gasteiger partial charge is 0.325 e. The predicted molar refractivity (Wildman–Crippen MR) is 130 cm³/mol. The number of esters is 1. The van der Waals surface area contributed by atoms with Gasteiger partial charge in [0.15, 0.2) is 5.11 Å². The van der Waals surface area contributed by atoms with Gasteiger partial charge in [-0.3, -0.25) is 19.7 Å². The molecule has 2 aromatic carbocycles. The Morgan fingerprint density at radius 2 is 1.85 bits per heavy atom. The van der Waals surface area contributed by atoms with Gasteiger partial charge in [-0.1, -0.05) is 18.2 Å². The van der Waals surface area contributed by atoms with Crippen LogP contribution in [-0.2, 0) is 25.7 Å². The number of carbonyl (C=O) groups is 3. The van der Waals surface area contributed by atoms with Crippen molar-refractivity contribution in [3.05, 3.63) is 59.8 Å². The Morgan fingerprint density at radius 3 is 2.56 bits per heavy atom. The highest BCUT2D eigenvalue weighted by atomic mass is 32.1. The molecule has 2 heterocycles. The molecular weight excluding hydrogens is 458 g/mol. The molecule has 0 atom stereocenters. The number of carbonyl (C=O) groups excluding carboxylic acids is 3. The van der Waals surface area contributed by atoms with Crippen LogP contribution in [0.5, 0.6) is 11.5 Å². The first-order chi connectivity index (χ1) is 16.4. The molecule has 0 spiro atoms. The highest BCUT2D eigenvalue weighted by molar-refractivity contribution is 7.80. The van der Waals surface area contributed by atoms with Crippen LogP contribution >= 0.6 is 12.2 Å². The number of fused-ring (bicyclic) bond motifs is 1. The molecule has 9 nitrogen and oxygen atoms in total. The Balaban J connectivity index is 1.80. The zero-order chi connectivity index (χ0) is 24.4. The maximum atomic E-state index is 13.5. The van der Waals surface area contributed by atoms with Gasteiger partial charge < -0.3 is 18.8 Å². The van der Waals surface area contributed by atoms with Gasteiger partial charge in [0.05, 0.1) is 27.0 Å². The number of thiocarbonyl (C=S) groups is 1. The van der Waals surface area contributed by atoms with Crippen LogP contribution < -0.4 is 19.7 Å². The standard InChI is InChI=1S/C24H21N3O6S/c1-31-15-8-9-19(20(11-15)32-2)27-23(30)17(22(29)25-24(27)34)10-14-12-26(13-21(28)33-3)18-7-5-4-6-16(14)18/h4-12H,13H2,1-3H3,(H,25,29,34)/b17-10+. The van der Waals surface area contributed by atoms with Gasteiger partial charge in [0.1, 0.15) is 23.6 Å². The molecule has 0 unspecified atom stereocenters. The van der Waals surface area contributed by atoms with E-state index in [9.17, 15) is 14.4 Å². The zero-order valence-corrected chi connectivity index (χ0v) is 19.5. The molecule has 0 aliphatic carbocycles. The molecule has 1 aliphatic rings. The van der Waals surface area contributed by atoms with Crippen molar-refractivity contribution in [2.24, 2.45) is 0 Å². The van der Waals surface area contributed by atoms with E-state index in [1.54, 1.807) is 29.0 Å². The molecule has 4 rings (SSSR count). The van der Waals surface area contributed by atoms with E-state index in [-0.39, 0.29) is 17.2 Å². The molecule has 0 radical (unpaired) electrons. The van der Waals surface area contributed by atoms with Crippen molar-refractivity contribution < 1.29 is 28.6 Å². The second-order valence-electron chi connectivity index (χ2n) is 7.30. The second kappa shape index (κ2) is 9.36. The van der Waals surface area contributed by atoms with Gasteiger partial charge in [-0.2, -0.15) is 0 Å². The lowest BCUT2D eigenvalue weighted by molar-refractivity contribution is -0.141. The summed E-state index contributed by atoms with van der Waals surface area (Å²) in [7, 11) is 4.29. The molecule has 1 N–H and O–H groups in total. The SMILES string of the molecule is COC(=O)Cn1cc(/C=C2\C(=O)NC(=S)N(c3ccc(OC)cc3OC)C2=O)c2ccccc21. The number of methoxy groups -OCH3 is 3. The first-order valence-electron chi connectivity index (χ1n) is 10.2. The van der Waals surface area contributed by atoms with Crippen molar-refractivity contribution in [1.82, 2.24) is 9.88 Å². The minimum absolute atomic E-state index is 0.0143. The van der Waals surface area contributed by atoms with Crippen LogP contribution in [0.1, 0.15) is 5.56 Å². The number of hydrogen-bond acceptors (Lipinski definition) is 7. The van der Waals surface area contributed by atoms with E-state index < -0.39 is 17.8 Å². The molecule has 2 amide bonds. The van der Waals surface area contributed by atoms with Crippen molar-refractivity contribution in [3.8, 4) is 11.5 Å². The molecule has 10 heteroatoms. The minimum Gasteiger partial charge on any atom is -0.497 e. The summed E-state index contributed by atoms with van der Waals surface area (Å²) in [5, 5.41) is 3.27. The highest BCUT2D eigenvalue weighted by Gasteiger charge is 2.36. The lowest BCUT2D eigenvalue weighted by Crippen LogP contribution is -2.54. The van der Waals surface area contributed by atoms with Crippen molar-refractivity contribution >= 4 is 57.8 Å². The van der Waals surface area contributed by atoms with Crippen LogP contribution in [0, 0.1) is 0 Å². The quantitative estimate of drug-likeness (QED) is 0.251. The first kappa shape index (κ1) is 23.0. The summed E-state index contributed by atoms with van der Waals surface area (Å²) in [5.74, 6) is -0.769. The van der Waals surface area contributed by atoms with Crippen LogP contribution in [0.3, 0.4) is 0 Å². The predicted octanol–water partition coefficient (Wildman–Crippen LogP) is 2.66. The summed E-state index contributed by atoms with van der Waals surface area (Å²) in [6.07, 6.45) is 3.18. The lowest BCUT2D eigenvalue weighted by Gasteiger charge is -2.30. The van der Waals surface area contributed by atoms with Crippen LogP contribution in [0.15, 0.2) is 54.2 Å². The van der Waals surface area contributed by atoms with E-state index in [2.05, 4.69) is 5.32 Å². The van der Waals surface area contributed by atoms with E-state index in [4.69, 9.17) is 26.4 Å². The van der Waals surface area contributed by atoms with Crippen LogP contribution in [0.25, 0.3) is 17.0 Å². The van der Waals surface area contributed by atoms with Gasteiger partial charge in [-0.15, -0.1) is 0 Å². The Hall–Kier alpha value is -4.18. The summed E-state index contributed by atoms with van der Waals surface area (Å²) in [4.78, 5) is 39.3. The number of para-hydroxylation sites is 1. The number of nitrogens with zero attached hydrogens (tertiary/aromatic N) is 2. The Labute approximate surface area is 200 Å². The minimum atomic E-state index is -0.622. The number of aromatic nitrogens is 1. The average Bonchev–Trinajstić information content (AvgIpc) is 3.18. The van der Waals surface area contributed by atoms with E-state index in [0.29, 0.717) is 22.7 Å². The topological polar surface area (TPSA) is 99.1 Å². The van der Waals surface area contributed by atoms with E-state index in [1.807, 2.05) is 24.3 Å². The first-order valence-corrected chi connectivity index (χ1v) is 10.6. The fourth-order valence-corrected chi connectivity index (χ4v) is 4.00. The molecule has 1 aromatic heterocycles. The zero-order valence-electron chi connectivity index (χ0n) is 18.7. The van der Waals surface area contributed by atoms with Gasteiger partial charge in [-0.05, 0) is 36.5 Å². The molecule has 0 saturated carbocycles. The third kappa shape index (κ3) is 4.11. The van der Waals surface area contributed by atoms with Gasteiger partial charge in [0.25, 0.3) is 11.8 Å². The van der Waals surface area contributed by atoms with Gasteiger partial charge >= 0.3 is 5.97 Å². The summed E-state index contributed by atoms with van der Waals surface area (Å²) in [6.45, 7) is -0.0143. The van der Waals surface area contributed by atoms with E-state index in [0.717, 1.165) is 10.9 Å². The Bertz CT molecular complexity index is 1360. The third-order valence-corrected chi connectivity index (χ3v) is 5.66. The molecule has 1 fully saturated rings. The largest absolute Gasteiger partial charge is 0.497 e. The van der Waals surface area contributed by atoms with Crippen LogP contribution in [0.2, 0.25) is 0 Å². The van der Waals surface area contributed by atoms with Crippen molar-refractivity contribution in [3.63, 3.8) is 0 Å². The Kier molecular flexibility index (Phi) is 6.33.